The Kier molecular flexibility index (Phi) is 14.3. The van der Waals surface area contributed by atoms with Crippen LogP contribution in [0.5, 0.6) is 23.1 Å². The summed E-state index contributed by atoms with van der Waals surface area (Å²) >= 11 is 0. The number of urea groups is 1. The van der Waals surface area contributed by atoms with Gasteiger partial charge in [-0.05, 0) is 54.8 Å². The molecule has 6 rings (SSSR count). The number of methoxy groups -OCH3 is 1. The highest BCUT2D eigenvalue weighted by Crippen LogP contribution is 2.35. The van der Waals surface area contributed by atoms with Crippen molar-refractivity contribution >= 4 is 28.3 Å². The molecule has 0 saturated carbocycles. The van der Waals surface area contributed by atoms with Gasteiger partial charge in [-0.2, -0.15) is 10.1 Å². The number of nitrogens with zero attached hydrogens (tertiary/aromatic N) is 4. The molecule has 0 aliphatic rings. The van der Waals surface area contributed by atoms with Gasteiger partial charge in [0.2, 0.25) is 5.88 Å². The molecule has 2 N–H and O–H groups in total. The van der Waals surface area contributed by atoms with Crippen molar-refractivity contribution in [2.45, 2.75) is 39.5 Å². The van der Waals surface area contributed by atoms with E-state index in [1.807, 2.05) is 75.4 Å². The molecule has 6 aromatic rings. The van der Waals surface area contributed by atoms with Crippen molar-refractivity contribution in [2.24, 2.45) is 0 Å². The molecular weight excluding hydrogens is 770 g/mol. The van der Waals surface area contributed by atoms with Crippen LogP contribution in [0.25, 0.3) is 16.5 Å². The summed E-state index contributed by atoms with van der Waals surface area (Å²) in [6, 6.07) is 25.7. The van der Waals surface area contributed by atoms with E-state index in [9.17, 15) is 18.0 Å². The summed E-state index contributed by atoms with van der Waals surface area (Å²) in [6.07, 6.45) is -3.37. The van der Waals surface area contributed by atoms with E-state index in [0.717, 1.165) is 23.0 Å². The van der Waals surface area contributed by atoms with Gasteiger partial charge in [-0.3, -0.25) is 5.32 Å². The van der Waals surface area contributed by atoms with Gasteiger partial charge < -0.3 is 33.7 Å². The maximum Gasteiger partial charge on any atom is 0.573 e. The van der Waals surface area contributed by atoms with Crippen LogP contribution in [0.15, 0.2) is 97.2 Å². The lowest BCUT2D eigenvalue weighted by Gasteiger charge is -2.15. The fourth-order valence-electron chi connectivity index (χ4n) is 5.90. The van der Waals surface area contributed by atoms with E-state index in [-0.39, 0.29) is 43.0 Å². The largest absolute Gasteiger partial charge is 0.573 e. The Labute approximate surface area is 339 Å². The quantitative estimate of drug-likeness (QED) is 0.0761. The average molecular weight is 815 g/mol. The standard InChI is InChI=1S/C43H45F3N6O7/c1-28(2)37-27-40(52(51-37)31-11-9-29(3)10-12-31)50-42(53)48-36-13-14-38(35-8-6-5-7-34(35)36)58-41-15-16-47-39(49-41)25-30-23-32(26-33(24-30)59-43(44,45)46)57-22-21-56-20-19-55-18-17-54-4/h5-16,23-24,26-28H,17-22,25H2,1-4H3,(H2,48,50,53). The molecular formula is C43H45F3N6O7. The van der Waals surface area contributed by atoms with Gasteiger partial charge in [-0.1, -0.05) is 55.8 Å². The van der Waals surface area contributed by atoms with Crippen molar-refractivity contribution < 1.29 is 46.4 Å². The molecule has 13 nitrogen and oxygen atoms in total. The van der Waals surface area contributed by atoms with Crippen LogP contribution in [0, 0.1) is 6.92 Å². The smallest absolute Gasteiger partial charge is 0.491 e. The van der Waals surface area contributed by atoms with E-state index in [1.54, 1.807) is 36.1 Å². The first kappa shape index (κ1) is 42.4. The van der Waals surface area contributed by atoms with Crippen LogP contribution < -0.4 is 24.8 Å². The molecule has 0 fully saturated rings. The third kappa shape index (κ3) is 12.4. The highest BCUT2D eigenvalue weighted by atomic mass is 19.4. The second-order valence-electron chi connectivity index (χ2n) is 13.6. The predicted molar refractivity (Wildman–Crippen MR) is 216 cm³/mol. The zero-order valence-corrected chi connectivity index (χ0v) is 33.0. The highest BCUT2D eigenvalue weighted by molar-refractivity contribution is 6.07. The van der Waals surface area contributed by atoms with Crippen molar-refractivity contribution in [3.8, 4) is 28.8 Å². The monoisotopic (exact) mass is 814 g/mol. The number of rotatable bonds is 19. The molecule has 0 unspecified atom stereocenters. The van der Waals surface area contributed by atoms with Gasteiger partial charge in [0.1, 0.15) is 35.5 Å². The second kappa shape index (κ2) is 20.0. The van der Waals surface area contributed by atoms with Gasteiger partial charge in [0, 0.05) is 48.7 Å². The van der Waals surface area contributed by atoms with Crippen LogP contribution in [0.4, 0.5) is 29.5 Å². The third-order valence-electron chi connectivity index (χ3n) is 8.70. The van der Waals surface area contributed by atoms with Crippen LogP contribution >= 0.6 is 0 Å². The topological polar surface area (TPSA) is 140 Å². The molecule has 2 heterocycles. The lowest BCUT2D eigenvalue weighted by atomic mass is 10.1. The number of amides is 2. The van der Waals surface area contributed by atoms with Gasteiger partial charge in [-0.25, -0.2) is 14.5 Å². The number of aromatic nitrogens is 4. The Balaban J connectivity index is 1.14. The van der Waals surface area contributed by atoms with Crippen LogP contribution in [-0.2, 0) is 20.6 Å². The van der Waals surface area contributed by atoms with Gasteiger partial charge in [-0.15, -0.1) is 13.2 Å². The Morgan fingerprint density at radius 2 is 1.53 bits per heavy atom. The molecule has 4 aromatic carbocycles. The zero-order valence-electron chi connectivity index (χ0n) is 33.0. The fourth-order valence-corrected chi connectivity index (χ4v) is 5.90. The molecule has 310 valence electrons. The molecule has 2 aromatic heterocycles. The number of halogens is 3. The van der Waals surface area contributed by atoms with Crippen LogP contribution in [0.1, 0.15) is 42.4 Å². The Hall–Kier alpha value is -6.23. The average Bonchev–Trinajstić information content (AvgIpc) is 3.62. The Morgan fingerprint density at radius 3 is 2.25 bits per heavy atom. The zero-order chi connectivity index (χ0) is 41.8. The number of benzene rings is 4. The lowest BCUT2D eigenvalue weighted by molar-refractivity contribution is -0.274. The van der Waals surface area contributed by atoms with Crippen molar-refractivity contribution in [1.82, 2.24) is 19.7 Å². The van der Waals surface area contributed by atoms with E-state index in [1.165, 1.54) is 12.3 Å². The van der Waals surface area contributed by atoms with Crippen molar-refractivity contribution in [3.05, 3.63) is 120 Å². The maximum absolute atomic E-state index is 13.4. The number of ether oxygens (including phenoxy) is 6. The van der Waals surface area contributed by atoms with Gasteiger partial charge in [0.05, 0.1) is 50.1 Å². The highest BCUT2D eigenvalue weighted by Gasteiger charge is 2.31. The molecule has 0 aliphatic heterocycles. The maximum atomic E-state index is 13.4. The van der Waals surface area contributed by atoms with Crippen molar-refractivity contribution in [2.75, 3.05) is 57.4 Å². The predicted octanol–water partition coefficient (Wildman–Crippen LogP) is 9.23. The number of aryl methyl sites for hydroxylation is 1. The van der Waals surface area contributed by atoms with Crippen LogP contribution in [0.3, 0.4) is 0 Å². The minimum absolute atomic E-state index is 0.0398. The first-order valence-electron chi connectivity index (χ1n) is 18.9. The van der Waals surface area contributed by atoms with E-state index in [2.05, 4.69) is 25.3 Å². The van der Waals surface area contributed by atoms with E-state index in [0.29, 0.717) is 60.0 Å². The SMILES string of the molecule is COCCOCCOCCOc1cc(Cc2nccc(Oc3ccc(NC(=O)Nc4cc(C(C)C)nn4-c4ccc(C)cc4)c4ccccc34)n2)cc(OC(F)(F)F)c1. The number of carbonyl (C=O) groups excluding carboxylic acids is 1. The minimum atomic E-state index is -4.91. The molecule has 0 radical (unpaired) electrons. The number of hydrogen-bond donors (Lipinski definition) is 2. The van der Waals surface area contributed by atoms with E-state index >= 15 is 0 Å². The summed E-state index contributed by atoms with van der Waals surface area (Å²) in [4.78, 5) is 22.3. The fraction of sp³-hybridized carbons (Fsp3) is 0.302. The van der Waals surface area contributed by atoms with E-state index < -0.39 is 18.1 Å². The summed E-state index contributed by atoms with van der Waals surface area (Å²) in [7, 11) is 1.58. The summed E-state index contributed by atoms with van der Waals surface area (Å²) in [6.45, 7) is 7.95. The molecule has 0 atom stereocenters. The van der Waals surface area contributed by atoms with Crippen molar-refractivity contribution in [1.29, 1.82) is 0 Å². The normalized spacial score (nSPS) is 11.5. The van der Waals surface area contributed by atoms with Crippen LogP contribution in [0.2, 0.25) is 0 Å². The molecule has 0 bridgehead atoms. The second-order valence-corrected chi connectivity index (χ2v) is 13.6. The van der Waals surface area contributed by atoms with Crippen LogP contribution in [-0.4, -0.2) is 78.9 Å². The summed E-state index contributed by atoms with van der Waals surface area (Å²) in [5.41, 5.74) is 3.70. The lowest BCUT2D eigenvalue weighted by Crippen LogP contribution is -2.21. The molecule has 59 heavy (non-hydrogen) atoms. The third-order valence-corrected chi connectivity index (χ3v) is 8.70. The van der Waals surface area contributed by atoms with Gasteiger partial charge in [0.15, 0.2) is 0 Å². The first-order valence-corrected chi connectivity index (χ1v) is 18.9. The molecule has 0 spiro atoms. The number of carbonyl (C=O) groups is 1. The summed E-state index contributed by atoms with van der Waals surface area (Å²) in [5.74, 6) is 1.30. The van der Waals surface area contributed by atoms with E-state index in [4.69, 9.17) is 28.8 Å². The Bertz CT molecular complexity index is 2320. The number of fused-ring (bicyclic) bond motifs is 1. The molecule has 0 aliphatic carbocycles. The van der Waals surface area contributed by atoms with Gasteiger partial charge >= 0.3 is 12.4 Å². The number of nitrogens with one attached hydrogen (secondary N) is 2. The number of alkyl halides is 3. The van der Waals surface area contributed by atoms with Gasteiger partial charge in [0.25, 0.3) is 0 Å². The molecule has 0 saturated heterocycles. The first-order chi connectivity index (χ1) is 28.4. The summed E-state index contributed by atoms with van der Waals surface area (Å²) in [5, 5.41) is 12.0. The Morgan fingerprint density at radius 1 is 0.814 bits per heavy atom. The molecule has 2 amide bonds. The minimum Gasteiger partial charge on any atom is -0.491 e. The molecule has 16 heteroatoms. The van der Waals surface area contributed by atoms with Crippen molar-refractivity contribution in [3.63, 3.8) is 0 Å². The summed E-state index contributed by atoms with van der Waals surface area (Å²) < 4.78 is 73.2. The number of anilines is 2. The number of hydrogen-bond acceptors (Lipinski definition) is 10.